The highest BCUT2D eigenvalue weighted by atomic mass is 32.2. The maximum absolute atomic E-state index is 11.3. The molecule has 0 aromatic heterocycles. The minimum atomic E-state index is -0.123. The lowest BCUT2D eigenvalue weighted by Crippen LogP contribution is -2.25. The van der Waals surface area contributed by atoms with Crippen molar-refractivity contribution in [3.63, 3.8) is 0 Å². The molecule has 0 aliphatic heterocycles. The molecule has 0 heterocycles. The van der Waals surface area contributed by atoms with Gasteiger partial charge in [-0.15, -0.1) is 11.8 Å². The Morgan fingerprint density at radius 3 is 2.82 bits per heavy atom. The lowest BCUT2D eigenvalue weighted by Gasteiger charge is -2.05. The minimum Gasteiger partial charge on any atom is -0.384 e. The normalized spacial score (nSPS) is 10.2. The molecule has 1 rings (SSSR count). The molecule has 0 aliphatic rings. The van der Waals surface area contributed by atoms with Gasteiger partial charge in [-0.1, -0.05) is 30.3 Å². The Kier molecular flexibility index (Phi) is 7.46. The predicted octanol–water partition coefficient (Wildman–Crippen LogP) is 1.61. The minimum absolute atomic E-state index is 0.123. The van der Waals surface area contributed by atoms with E-state index in [0.717, 1.165) is 11.3 Å². The molecule has 0 fully saturated rings. The lowest BCUT2D eigenvalue weighted by molar-refractivity contribution is -0.131. The molecule has 94 valence electrons. The van der Waals surface area contributed by atoms with Gasteiger partial charge in [0.15, 0.2) is 0 Å². The number of benzene rings is 1. The molecule has 0 unspecified atom stereocenters. The Balaban J connectivity index is 2.04. The predicted molar refractivity (Wildman–Crippen MR) is 68.6 cm³/mol. The number of carbonyl (C=O) groups is 1. The van der Waals surface area contributed by atoms with Gasteiger partial charge in [0, 0.05) is 12.9 Å². The van der Waals surface area contributed by atoms with Crippen molar-refractivity contribution in [2.45, 2.75) is 6.61 Å². The summed E-state index contributed by atoms with van der Waals surface area (Å²) >= 11 is 1.52. The fraction of sp³-hybridized carbons (Fsp3) is 0.417. The first-order valence-electron chi connectivity index (χ1n) is 5.34. The van der Waals surface area contributed by atoms with Gasteiger partial charge in [-0.25, -0.2) is 5.48 Å². The number of ether oxygens (including phenoxy) is 1. The second-order valence-corrected chi connectivity index (χ2v) is 4.45. The molecule has 1 amide bonds. The van der Waals surface area contributed by atoms with Crippen molar-refractivity contribution in [1.29, 1.82) is 0 Å². The second kappa shape index (κ2) is 9.04. The van der Waals surface area contributed by atoms with Crippen LogP contribution in [0.25, 0.3) is 0 Å². The SMILES string of the molecule is COCCSCC(=O)NOCc1ccccc1. The van der Waals surface area contributed by atoms with Crippen molar-refractivity contribution in [2.24, 2.45) is 0 Å². The number of nitrogens with one attached hydrogen (secondary N) is 1. The average Bonchev–Trinajstić information content (AvgIpc) is 2.36. The Morgan fingerprint density at radius 2 is 2.12 bits per heavy atom. The zero-order valence-corrected chi connectivity index (χ0v) is 10.7. The molecule has 0 saturated heterocycles. The van der Waals surface area contributed by atoms with Gasteiger partial charge < -0.3 is 4.74 Å². The Bertz CT molecular complexity index is 319. The average molecular weight is 255 g/mol. The van der Waals surface area contributed by atoms with Crippen LogP contribution >= 0.6 is 11.8 Å². The van der Waals surface area contributed by atoms with E-state index in [1.165, 1.54) is 11.8 Å². The third kappa shape index (κ3) is 6.99. The summed E-state index contributed by atoms with van der Waals surface area (Å²) in [6.45, 7) is 1.04. The second-order valence-electron chi connectivity index (χ2n) is 3.34. The van der Waals surface area contributed by atoms with Crippen molar-refractivity contribution < 1.29 is 14.4 Å². The summed E-state index contributed by atoms with van der Waals surface area (Å²) in [6, 6.07) is 9.69. The summed E-state index contributed by atoms with van der Waals surface area (Å²) in [5.74, 6) is 1.07. The molecule has 17 heavy (non-hydrogen) atoms. The first-order chi connectivity index (χ1) is 8.33. The monoisotopic (exact) mass is 255 g/mol. The fourth-order valence-corrected chi connectivity index (χ4v) is 1.78. The van der Waals surface area contributed by atoms with Crippen molar-refractivity contribution >= 4 is 17.7 Å². The number of hydrogen-bond acceptors (Lipinski definition) is 4. The number of thioether (sulfide) groups is 1. The van der Waals surface area contributed by atoms with Crippen LogP contribution in [0.1, 0.15) is 5.56 Å². The number of amides is 1. The van der Waals surface area contributed by atoms with Gasteiger partial charge in [0.05, 0.1) is 19.0 Å². The maximum atomic E-state index is 11.3. The van der Waals surface area contributed by atoms with Crippen molar-refractivity contribution in [3.05, 3.63) is 35.9 Å². The van der Waals surface area contributed by atoms with Crippen molar-refractivity contribution in [1.82, 2.24) is 5.48 Å². The van der Waals surface area contributed by atoms with Gasteiger partial charge in [0.2, 0.25) is 0 Å². The van der Waals surface area contributed by atoms with Gasteiger partial charge in [-0.3, -0.25) is 9.63 Å². The number of hydroxylamine groups is 1. The van der Waals surface area contributed by atoms with Crippen LogP contribution in [0, 0.1) is 0 Å². The molecule has 0 atom stereocenters. The molecule has 1 aromatic carbocycles. The summed E-state index contributed by atoms with van der Waals surface area (Å²) in [5.41, 5.74) is 3.44. The molecular formula is C12H17NO3S. The molecule has 5 heteroatoms. The highest BCUT2D eigenvalue weighted by Crippen LogP contribution is 2.00. The molecule has 0 bridgehead atoms. The van der Waals surface area contributed by atoms with E-state index in [2.05, 4.69) is 5.48 Å². The topological polar surface area (TPSA) is 47.6 Å². The molecule has 0 spiro atoms. The van der Waals surface area contributed by atoms with E-state index >= 15 is 0 Å². The zero-order chi connectivity index (χ0) is 12.3. The summed E-state index contributed by atoms with van der Waals surface area (Å²) in [5, 5.41) is 0. The first kappa shape index (κ1) is 14.0. The number of hydrogen-bond donors (Lipinski definition) is 1. The van der Waals surface area contributed by atoms with Crippen LogP contribution in [-0.4, -0.2) is 31.1 Å². The molecule has 1 N–H and O–H groups in total. The Hall–Kier alpha value is -1.04. The summed E-state index contributed by atoms with van der Waals surface area (Å²) in [4.78, 5) is 16.4. The molecule has 0 radical (unpaired) electrons. The van der Waals surface area contributed by atoms with Crippen LogP contribution in [-0.2, 0) is 21.0 Å². The van der Waals surface area contributed by atoms with E-state index in [4.69, 9.17) is 9.57 Å². The van der Waals surface area contributed by atoms with E-state index in [-0.39, 0.29) is 5.91 Å². The van der Waals surface area contributed by atoms with E-state index in [0.29, 0.717) is 19.0 Å². The van der Waals surface area contributed by atoms with Crippen molar-refractivity contribution in [3.8, 4) is 0 Å². The zero-order valence-electron chi connectivity index (χ0n) is 9.85. The van der Waals surface area contributed by atoms with Crippen LogP contribution in [0.2, 0.25) is 0 Å². The van der Waals surface area contributed by atoms with Crippen LogP contribution in [0.3, 0.4) is 0 Å². The van der Waals surface area contributed by atoms with Gasteiger partial charge in [0.1, 0.15) is 0 Å². The van der Waals surface area contributed by atoms with Crippen LogP contribution in [0.15, 0.2) is 30.3 Å². The smallest absolute Gasteiger partial charge is 0.253 e. The molecule has 0 aliphatic carbocycles. The summed E-state index contributed by atoms with van der Waals surface area (Å²) < 4.78 is 4.88. The number of rotatable bonds is 8. The van der Waals surface area contributed by atoms with E-state index in [1.807, 2.05) is 30.3 Å². The van der Waals surface area contributed by atoms with Gasteiger partial charge in [-0.05, 0) is 5.56 Å². The lowest BCUT2D eigenvalue weighted by atomic mass is 10.2. The highest BCUT2D eigenvalue weighted by molar-refractivity contribution is 7.99. The van der Waals surface area contributed by atoms with Gasteiger partial charge in [0.25, 0.3) is 5.91 Å². The quantitative estimate of drug-likeness (QED) is 0.566. The molecule has 4 nitrogen and oxygen atoms in total. The Labute approximate surface area is 106 Å². The molecular weight excluding hydrogens is 238 g/mol. The number of methoxy groups -OCH3 is 1. The van der Waals surface area contributed by atoms with Gasteiger partial charge >= 0.3 is 0 Å². The highest BCUT2D eigenvalue weighted by Gasteiger charge is 2.01. The first-order valence-corrected chi connectivity index (χ1v) is 6.49. The van der Waals surface area contributed by atoms with Crippen LogP contribution in [0.5, 0.6) is 0 Å². The summed E-state index contributed by atoms with van der Waals surface area (Å²) in [7, 11) is 1.64. The van der Waals surface area contributed by atoms with Crippen molar-refractivity contribution in [2.75, 3.05) is 25.2 Å². The van der Waals surface area contributed by atoms with Crippen LogP contribution in [0.4, 0.5) is 0 Å². The fourth-order valence-electron chi connectivity index (χ4n) is 1.11. The Morgan fingerprint density at radius 1 is 1.35 bits per heavy atom. The third-order valence-electron chi connectivity index (χ3n) is 1.93. The molecule has 1 aromatic rings. The number of carbonyl (C=O) groups excluding carboxylic acids is 1. The van der Waals surface area contributed by atoms with E-state index in [1.54, 1.807) is 7.11 Å². The van der Waals surface area contributed by atoms with Crippen LogP contribution < -0.4 is 5.48 Å². The molecule has 0 saturated carbocycles. The third-order valence-corrected chi connectivity index (χ3v) is 2.85. The maximum Gasteiger partial charge on any atom is 0.253 e. The largest absolute Gasteiger partial charge is 0.384 e. The van der Waals surface area contributed by atoms with E-state index in [9.17, 15) is 4.79 Å². The standard InChI is InChI=1S/C12H17NO3S/c1-15-7-8-17-10-12(14)13-16-9-11-5-3-2-4-6-11/h2-6H,7-10H2,1H3,(H,13,14). The summed E-state index contributed by atoms with van der Waals surface area (Å²) in [6.07, 6.45) is 0. The van der Waals surface area contributed by atoms with E-state index < -0.39 is 0 Å². The van der Waals surface area contributed by atoms with Gasteiger partial charge in [-0.2, -0.15) is 0 Å².